The molecule has 1 fully saturated rings. The fourth-order valence-electron chi connectivity index (χ4n) is 1.02. The molecular formula is C7H15N3O. The molecule has 0 bridgehead atoms. The fourth-order valence-corrected chi connectivity index (χ4v) is 1.02. The van der Waals surface area contributed by atoms with Crippen molar-refractivity contribution in [1.82, 2.24) is 10.4 Å². The summed E-state index contributed by atoms with van der Waals surface area (Å²) in [5.74, 6) is 0. The molecule has 11 heavy (non-hydrogen) atoms. The summed E-state index contributed by atoms with van der Waals surface area (Å²) < 4.78 is 5.18. The molecule has 64 valence electrons. The maximum atomic E-state index is 6.81. The number of ether oxygens (including phenoxy) is 1. The summed E-state index contributed by atoms with van der Waals surface area (Å²) in [6.45, 7) is 4.41. The summed E-state index contributed by atoms with van der Waals surface area (Å²) in [4.78, 5) is 0. The third-order valence-corrected chi connectivity index (χ3v) is 1.64. The van der Waals surface area contributed by atoms with Crippen molar-refractivity contribution in [2.24, 2.45) is 0 Å². The van der Waals surface area contributed by atoms with Gasteiger partial charge in [0, 0.05) is 19.6 Å². The van der Waals surface area contributed by atoms with Crippen LogP contribution in [0.3, 0.4) is 0 Å². The molecule has 4 heteroatoms. The monoisotopic (exact) mass is 157 g/mol. The molecule has 1 saturated heterocycles. The summed E-state index contributed by atoms with van der Waals surface area (Å²) in [5.41, 5.74) is 3.22. The van der Waals surface area contributed by atoms with Crippen LogP contribution in [0.4, 0.5) is 0 Å². The van der Waals surface area contributed by atoms with Crippen molar-refractivity contribution in [1.29, 1.82) is 5.41 Å². The van der Waals surface area contributed by atoms with Crippen molar-refractivity contribution in [3.05, 3.63) is 0 Å². The molecule has 0 unspecified atom stereocenters. The van der Waals surface area contributed by atoms with E-state index in [9.17, 15) is 0 Å². The van der Waals surface area contributed by atoms with Crippen LogP contribution in [0, 0.1) is 5.41 Å². The molecule has 0 saturated carbocycles. The number of rotatable bonds is 4. The zero-order chi connectivity index (χ0) is 7.94. The van der Waals surface area contributed by atoms with E-state index >= 15 is 0 Å². The van der Waals surface area contributed by atoms with Crippen molar-refractivity contribution in [3.8, 4) is 0 Å². The molecule has 0 radical (unpaired) electrons. The smallest absolute Gasteiger partial charge is 0.0608 e. The number of nitrogens with zero attached hydrogens (tertiary/aromatic N) is 1. The van der Waals surface area contributed by atoms with Crippen LogP contribution in [-0.4, -0.2) is 44.1 Å². The lowest BCUT2D eigenvalue weighted by Crippen LogP contribution is -2.46. The zero-order valence-corrected chi connectivity index (χ0v) is 6.68. The van der Waals surface area contributed by atoms with Gasteiger partial charge < -0.3 is 10.1 Å². The minimum Gasteiger partial charge on any atom is -0.379 e. The van der Waals surface area contributed by atoms with Crippen molar-refractivity contribution < 1.29 is 4.74 Å². The first kappa shape index (κ1) is 8.64. The molecule has 0 aromatic heterocycles. The van der Waals surface area contributed by atoms with E-state index in [1.807, 2.05) is 0 Å². The minimum absolute atomic E-state index is 0.803. The largest absolute Gasteiger partial charge is 0.379 e. The molecule has 0 aromatic carbocycles. The van der Waals surface area contributed by atoms with E-state index in [2.05, 4.69) is 10.4 Å². The van der Waals surface area contributed by atoms with Gasteiger partial charge in [-0.25, -0.2) is 5.01 Å². The van der Waals surface area contributed by atoms with Crippen molar-refractivity contribution >= 4 is 6.21 Å². The second-order valence-corrected chi connectivity index (χ2v) is 2.50. The van der Waals surface area contributed by atoms with Gasteiger partial charge in [0.25, 0.3) is 0 Å². The Balaban J connectivity index is 2.00. The standard InChI is InChI=1S/C7H15N3O/c8-2-1-3-9-10-4-6-11-7-5-10/h2,8-9H,1,3-7H2. The highest BCUT2D eigenvalue weighted by Gasteiger charge is 2.07. The predicted molar refractivity (Wildman–Crippen MR) is 43.8 cm³/mol. The van der Waals surface area contributed by atoms with Gasteiger partial charge in [0.2, 0.25) is 0 Å². The maximum absolute atomic E-state index is 6.81. The molecule has 1 aliphatic rings. The molecule has 0 atom stereocenters. The Morgan fingerprint density at radius 1 is 1.45 bits per heavy atom. The van der Waals surface area contributed by atoms with Crippen LogP contribution in [0.15, 0.2) is 0 Å². The fraction of sp³-hybridized carbons (Fsp3) is 0.857. The molecule has 0 aliphatic carbocycles. The molecule has 4 nitrogen and oxygen atoms in total. The van der Waals surface area contributed by atoms with Crippen LogP contribution in [0.2, 0.25) is 0 Å². The van der Waals surface area contributed by atoms with Gasteiger partial charge >= 0.3 is 0 Å². The van der Waals surface area contributed by atoms with Crippen LogP contribution in [0.5, 0.6) is 0 Å². The van der Waals surface area contributed by atoms with E-state index in [1.165, 1.54) is 6.21 Å². The van der Waals surface area contributed by atoms with Crippen molar-refractivity contribution in [2.45, 2.75) is 6.42 Å². The third kappa shape index (κ3) is 3.46. The first-order valence-electron chi connectivity index (χ1n) is 3.98. The number of hydrogen-bond donors (Lipinski definition) is 2. The highest BCUT2D eigenvalue weighted by molar-refractivity contribution is 5.52. The number of hydrogen-bond acceptors (Lipinski definition) is 4. The average molecular weight is 157 g/mol. The summed E-state index contributed by atoms with van der Waals surface area (Å²) >= 11 is 0. The minimum atomic E-state index is 0.803. The SMILES string of the molecule is N=CCCNN1CCOCC1. The predicted octanol–water partition coefficient (Wildman–Crippen LogP) is -0.137. The van der Waals surface area contributed by atoms with E-state index in [4.69, 9.17) is 10.1 Å². The lowest BCUT2D eigenvalue weighted by molar-refractivity contribution is 0.0127. The Bertz CT molecular complexity index is 112. The lowest BCUT2D eigenvalue weighted by Gasteiger charge is -2.26. The van der Waals surface area contributed by atoms with Crippen LogP contribution < -0.4 is 5.43 Å². The van der Waals surface area contributed by atoms with E-state index in [0.717, 1.165) is 39.3 Å². The first-order valence-corrected chi connectivity index (χ1v) is 3.98. The third-order valence-electron chi connectivity index (χ3n) is 1.64. The number of nitrogens with one attached hydrogen (secondary N) is 2. The molecule has 0 aromatic rings. The van der Waals surface area contributed by atoms with Gasteiger partial charge in [-0.05, 0) is 12.6 Å². The normalized spacial score (nSPS) is 20.0. The Morgan fingerprint density at radius 2 is 2.18 bits per heavy atom. The molecular weight excluding hydrogens is 142 g/mol. The maximum Gasteiger partial charge on any atom is 0.0608 e. The van der Waals surface area contributed by atoms with E-state index in [0.29, 0.717) is 0 Å². The molecule has 1 aliphatic heterocycles. The second-order valence-electron chi connectivity index (χ2n) is 2.50. The number of morpholine rings is 1. The van der Waals surface area contributed by atoms with Gasteiger partial charge in [-0.15, -0.1) is 0 Å². The highest BCUT2D eigenvalue weighted by Crippen LogP contribution is 1.91. The molecule has 1 rings (SSSR count). The molecule has 2 N–H and O–H groups in total. The van der Waals surface area contributed by atoms with E-state index in [-0.39, 0.29) is 0 Å². The van der Waals surface area contributed by atoms with Gasteiger partial charge in [-0.2, -0.15) is 0 Å². The van der Waals surface area contributed by atoms with Gasteiger partial charge in [0.15, 0.2) is 0 Å². The lowest BCUT2D eigenvalue weighted by atomic mass is 10.4. The summed E-state index contributed by atoms with van der Waals surface area (Å²) in [6.07, 6.45) is 2.23. The number of hydrazine groups is 1. The van der Waals surface area contributed by atoms with Crippen LogP contribution in [-0.2, 0) is 4.74 Å². The van der Waals surface area contributed by atoms with Crippen molar-refractivity contribution in [2.75, 3.05) is 32.8 Å². The molecule has 0 spiro atoms. The zero-order valence-electron chi connectivity index (χ0n) is 6.68. The van der Waals surface area contributed by atoms with Crippen LogP contribution in [0.1, 0.15) is 6.42 Å². The highest BCUT2D eigenvalue weighted by atomic mass is 16.5. The molecule has 1 heterocycles. The Hall–Kier alpha value is -0.450. The summed E-state index contributed by atoms with van der Waals surface area (Å²) in [7, 11) is 0. The Morgan fingerprint density at radius 3 is 2.82 bits per heavy atom. The Labute approximate surface area is 67.0 Å². The van der Waals surface area contributed by atoms with E-state index in [1.54, 1.807) is 0 Å². The Kier molecular flexibility index (Phi) is 4.11. The van der Waals surface area contributed by atoms with Crippen molar-refractivity contribution in [3.63, 3.8) is 0 Å². The van der Waals surface area contributed by atoms with Gasteiger partial charge in [0.05, 0.1) is 13.2 Å². The van der Waals surface area contributed by atoms with Gasteiger partial charge in [-0.1, -0.05) is 0 Å². The summed E-state index contributed by atoms with van der Waals surface area (Å²) in [6, 6.07) is 0. The topological polar surface area (TPSA) is 48.4 Å². The van der Waals surface area contributed by atoms with Crippen LogP contribution >= 0.6 is 0 Å². The van der Waals surface area contributed by atoms with Gasteiger partial charge in [0.1, 0.15) is 0 Å². The second kappa shape index (κ2) is 5.23. The summed E-state index contributed by atoms with van der Waals surface area (Å²) in [5, 5.41) is 8.96. The average Bonchev–Trinajstić information content (AvgIpc) is 2.07. The quantitative estimate of drug-likeness (QED) is 0.441. The van der Waals surface area contributed by atoms with E-state index < -0.39 is 0 Å². The van der Waals surface area contributed by atoms with Gasteiger partial charge in [-0.3, -0.25) is 5.43 Å². The van der Waals surface area contributed by atoms with Crippen LogP contribution in [0.25, 0.3) is 0 Å². The molecule has 0 amide bonds. The first-order chi connectivity index (χ1) is 5.43.